The van der Waals surface area contributed by atoms with Crippen LogP contribution in [0.15, 0.2) is 39.3 Å². The molecule has 1 amide bonds. The lowest BCUT2D eigenvalue weighted by molar-refractivity contribution is -0.110. The van der Waals surface area contributed by atoms with Crippen molar-refractivity contribution in [2.45, 2.75) is 0 Å². The van der Waals surface area contributed by atoms with E-state index in [2.05, 4.69) is 37.2 Å². The van der Waals surface area contributed by atoms with Gasteiger partial charge in [-0.15, -0.1) is 0 Å². The van der Waals surface area contributed by atoms with Crippen LogP contribution in [0.25, 0.3) is 11.6 Å². The summed E-state index contributed by atoms with van der Waals surface area (Å²) in [7, 11) is 0. The van der Waals surface area contributed by atoms with E-state index in [0.29, 0.717) is 25.6 Å². The smallest absolute Gasteiger partial charge is 0.256 e. The minimum atomic E-state index is -0.461. The van der Waals surface area contributed by atoms with E-state index in [0.717, 1.165) is 0 Å². The van der Waals surface area contributed by atoms with E-state index in [1.54, 1.807) is 30.3 Å². The number of benzene rings is 2. The van der Waals surface area contributed by atoms with Gasteiger partial charge in [0.25, 0.3) is 5.91 Å². The number of phenols is 1. The van der Waals surface area contributed by atoms with Crippen LogP contribution in [0, 0.1) is 5.82 Å². The summed E-state index contributed by atoms with van der Waals surface area (Å²) in [6, 6.07) is 7.91. The molecule has 0 saturated carbocycles. The highest BCUT2D eigenvalue weighted by Gasteiger charge is 2.26. The molecule has 2 aromatic carbocycles. The van der Waals surface area contributed by atoms with Crippen LogP contribution in [0.4, 0.5) is 10.1 Å². The summed E-state index contributed by atoms with van der Waals surface area (Å²) in [6.07, 6.45) is 1.65. The highest BCUT2D eigenvalue weighted by molar-refractivity contribution is 9.11. The highest BCUT2D eigenvalue weighted by atomic mass is 79.9. The molecule has 2 aromatic rings. The molecule has 2 N–H and O–H groups in total. The Labute approximate surface area is 136 Å². The molecule has 1 aliphatic heterocycles. The Morgan fingerprint density at radius 3 is 2.52 bits per heavy atom. The SMILES string of the molecule is O=C1Nc2c(F)cccc2/C1=C/c1cc(Br)c(O)c(Br)c1. The van der Waals surface area contributed by atoms with Crippen molar-refractivity contribution in [1.29, 1.82) is 0 Å². The zero-order chi connectivity index (χ0) is 15.1. The predicted molar refractivity (Wildman–Crippen MR) is 86.4 cm³/mol. The predicted octanol–water partition coefficient (Wildman–Crippen LogP) is 4.55. The molecule has 21 heavy (non-hydrogen) atoms. The molecule has 106 valence electrons. The number of amides is 1. The van der Waals surface area contributed by atoms with Gasteiger partial charge in [-0.05, 0) is 61.7 Å². The van der Waals surface area contributed by atoms with Crippen molar-refractivity contribution in [3.63, 3.8) is 0 Å². The fourth-order valence-corrected chi connectivity index (χ4v) is 3.38. The molecule has 0 aliphatic carbocycles. The van der Waals surface area contributed by atoms with E-state index in [4.69, 9.17) is 0 Å². The van der Waals surface area contributed by atoms with Gasteiger partial charge >= 0.3 is 0 Å². The second kappa shape index (κ2) is 5.27. The van der Waals surface area contributed by atoms with Crippen LogP contribution < -0.4 is 5.32 Å². The molecule has 1 aliphatic rings. The van der Waals surface area contributed by atoms with Crippen LogP contribution in [0.5, 0.6) is 5.75 Å². The topological polar surface area (TPSA) is 49.3 Å². The summed E-state index contributed by atoms with van der Waals surface area (Å²) in [4.78, 5) is 12.0. The Kier molecular flexibility index (Phi) is 3.59. The molecule has 0 fully saturated rings. The number of fused-ring (bicyclic) bond motifs is 1. The molecule has 0 spiro atoms. The van der Waals surface area contributed by atoms with Crippen molar-refractivity contribution in [3.05, 3.63) is 56.2 Å². The molecule has 0 radical (unpaired) electrons. The summed E-state index contributed by atoms with van der Waals surface area (Å²) >= 11 is 6.47. The number of hydrogen-bond acceptors (Lipinski definition) is 2. The van der Waals surface area contributed by atoms with Gasteiger partial charge in [-0.3, -0.25) is 4.79 Å². The zero-order valence-corrected chi connectivity index (χ0v) is 13.6. The van der Waals surface area contributed by atoms with Crippen molar-refractivity contribution in [3.8, 4) is 5.75 Å². The number of carbonyl (C=O) groups is 1. The molecule has 3 rings (SSSR count). The number of para-hydroxylation sites is 1. The lowest BCUT2D eigenvalue weighted by atomic mass is 10.0. The fourth-order valence-electron chi connectivity index (χ4n) is 2.16. The summed E-state index contributed by atoms with van der Waals surface area (Å²) in [5, 5.41) is 12.2. The molecule has 0 aromatic heterocycles. The van der Waals surface area contributed by atoms with Gasteiger partial charge in [0, 0.05) is 11.1 Å². The Bertz CT molecular complexity index is 779. The third kappa shape index (κ3) is 2.49. The summed E-state index contributed by atoms with van der Waals surface area (Å²) < 4.78 is 14.7. The number of halogens is 3. The van der Waals surface area contributed by atoms with Crippen molar-refractivity contribution >= 4 is 55.1 Å². The number of phenolic OH excluding ortho intramolecular Hbond substituents is 1. The van der Waals surface area contributed by atoms with Gasteiger partial charge < -0.3 is 10.4 Å². The Hall–Kier alpha value is -1.66. The third-order valence-corrected chi connectivity index (χ3v) is 4.35. The number of carbonyl (C=O) groups excluding carboxylic acids is 1. The lowest BCUT2D eigenvalue weighted by Crippen LogP contribution is -2.04. The van der Waals surface area contributed by atoms with E-state index >= 15 is 0 Å². The molecule has 0 unspecified atom stereocenters. The maximum atomic E-state index is 13.7. The van der Waals surface area contributed by atoms with E-state index in [9.17, 15) is 14.3 Å². The average molecular weight is 413 g/mol. The molecule has 0 saturated heterocycles. The van der Waals surface area contributed by atoms with E-state index in [1.165, 1.54) is 6.07 Å². The first-order valence-electron chi connectivity index (χ1n) is 5.97. The average Bonchev–Trinajstić information content (AvgIpc) is 2.75. The summed E-state index contributed by atoms with van der Waals surface area (Å²) in [5.74, 6) is -0.729. The first-order chi connectivity index (χ1) is 9.97. The van der Waals surface area contributed by atoms with Crippen LogP contribution in [-0.4, -0.2) is 11.0 Å². The maximum Gasteiger partial charge on any atom is 0.256 e. The highest BCUT2D eigenvalue weighted by Crippen LogP contribution is 2.37. The van der Waals surface area contributed by atoms with Gasteiger partial charge in [0.05, 0.1) is 14.6 Å². The minimum Gasteiger partial charge on any atom is -0.506 e. The number of rotatable bonds is 1. The second-order valence-electron chi connectivity index (χ2n) is 4.51. The molecular weight excluding hydrogens is 405 g/mol. The zero-order valence-electron chi connectivity index (χ0n) is 10.5. The molecule has 1 heterocycles. The normalized spacial score (nSPS) is 15.2. The summed E-state index contributed by atoms with van der Waals surface area (Å²) in [5.41, 5.74) is 1.81. The summed E-state index contributed by atoms with van der Waals surface area (Å²) in [6.45, 7) is 0. The Morgan fingerprint density at radius 2 is 1.86 bits per heavy atom. The van der Waals surface area contributed by atoms with E-state index in [-0.39, 0.29) is 17.3 Å². The van der Waals surface area contributed by atoms with E-state index in [1.807, 2.05) is 0 Å². The van der Waals surface area contributed by atoms with Crippen molar-refractivity contribution in [2.75, 3.05) is 5.32 Å². The van der Waals surface area contributed by atoms with Crippen molar-refractivity contribution in [1.82, 2.24) is 0 Å². The fraction of sp³-hybridized carbons (Fsp3) is 0. The second-order valence-corrected chi connectivity index (χ2v) is 6.22. The molecule has 0 bridgehead atoms. The van der Waals surface area contributed by atoms with Gasteiger partial charge in [-0.2, -0.15) is 0 Å². The quantitative estimate of drug-likeness (QED) is 0.675. The standard InChI is InChI=1S/C15H8Br2FNO2/c16-10-5-7(6-11(17)14(10)20)4-9-8-2-1-3-12(18)13(8)19-15(9)21/h1-6,20H,(H,19,21)/b9-4-. The number of nitrogens with one attached hydrogen (secondary N) is 1. The van der Waals surface area contributed by atoms with Crippen LogP contribution in [0.2, 0.25) is 0 Å². The number of anilines is 1. The molecule has 0 atom stereocenters. The molecule has 3 nitrogen and oxygen atoms in total. The number of aromatic hydroxyl groups is 1. The van der Waals surface area contributed by atoms with Crippen LogP contribution in [0.3, 0.4) is 0 Å². The first kappa shape index (κ1) is 14.3. The third-order valence-electron chi connectivity index (χ3n) is 3.14. The lowest BCUT2D eigenvalue weighted by Gasteiger charge is -2.04. The van der Waals surface area contributed by atoms with Gasteiger partial charge in [-0.1, -0.05) is 12.1 Å². The van der Waals surface area contributed by atoms with Crippen molar-refractivity contribution in [2.24, 2.45) is 0 Å². The van der Waals surface area contributed by atoms with E-state index < -0.39 is 5.82 Å². The van der Waals surface area contributed by atoms with Gasteiger partial charge in [0.15, 0.2) is 0 Å². The monoisotopic (exact) mass is 411 g/mol. The largest absolute Gasteiger partial charge is 0.506 e. The minimum absolute atomic E-state index is 0.0828. The van der Waals surface area contributed by atoms with Crippen LogP contribution in [0.1, 0.15) is 11.1 Å². The van der Waals surface area contributed by atoms with Gasteiger partial charge in [0.1, 0.15) is 11.6 Å². The maximum absolute atomic E-state index is 13.7. The van der Waals surface area contributed by atoms with Crippen LogP contribution in [-0.2, 0) is 4.79 Å². The van der Waals surface area contributed by atoms with Gasteiger partial charge in [0.2, 0.25) is 0 Å². The van der Waals surface area contributed by atoms with Gasteiger partial charge in [-0.25, -0.2) is 4.39 Å². The molecule has 6 heteroatoms. The Morgan fingerprint density at radius 1 is 1.19 bits per heavy atom. The number of hydrogen-bond donors (Lipinski definition) is 2. The Balaban J connectivity index is 2.14. The first-order valence-corrected chi connectivity index (χ1v) is 7.56. The molecular formula is C15H8Br2FNO2. The van der Waals surface area contributed by atoms with Crippen molar-refractivity contribution < 1.29 is 14.3 Å². The van der Waals surface area contributed by atoms with Crippen LogP contribution >= 0.6 is 31.9 Å².